The number of carbonyl (C=O) groups is 2. The second-order valence-corrected chi connectivity index (χ2v) is 6.49. The summed E-state index contributed by atoms with van der Waals surface area (Å²) < 4.78 is 0. The number of nitrogens with zero attached hydrogens (tertiary/aromatic N) is 2. The van der Waals surface area contributed by atoms with Crippen molar-refractivity contribution in [2.45, 2.75) is 25.8 Å². The minimum absolute atomic E-state index is 0.00460. The van der Waals surface area contributed by atoms with Gasteiger partial charge in [0.2, 0.25) is 0 Å². The molecule has 0 fully saturated rings. The molecule has 134 valence electrons. The van der Waals surface area contributed by atoms with Crippen molar-refractivity contribution >= 4 is 47.0 Å². The van der Waals surface area contributed by atoms with Crippen LogP contribution in [0, 0.1) is 10.7 Å². The lowest BCUT2D eigenvalue weighted by Gasteiger charge is -2.28. The van der Waals surface area contributed by atoms with Crippen LogP contribution in [0.4, 0.5) is 5.69 Å². The number of nitrogens with two attached hydrogens (primary N) is 1. The predicted octanol–water partition coefficient (Wildman–Crippen LogP) is 2.58. The highest BCUT2D eigenvalue weighted by Gasteiger charge is 2.33. The smallest absolute Gasteiger partial charge is 0.252 e. The molecule has 0 bridgehead atoms. The van der Waals surface area contributed by atoms with Gasteiger partial charge in [-0.1, -0.05) is 23.7 Å². The maximum Gasteiger partial charge on any atom is 0.252 e. The molecule has 0 saturated heterocycles. The van der Waals surface area contributed by atoms with Crippen molar-refractivity contribution in [1.29, 1.82) is 5.26 Å². The Balaban J connectivity index is 3.10. The summed E-state index contributed by atoms with van der Waals surface area (Å²) in [5.41, 5.74) is 5.68. The summed E-state index contributed by atoms with van der Waals surface area (Å²) in [4.78, 5) is 29.5. The lowest BCUT2D eigenvalue weighted by molar-refractivity contribution is -0.122. The number of amides is 1. The van der Waals surface area contributed by atoms with E-state index in [9.17, 15) is 9.59 Å². The fourth-order valence-corrected chi connectivity index (χ4v) is 2.66. The van der Waals surface area contributed by atoms with Crippen LogP contribution in [-0.2, 0) is 9.63 Å². The number of benzene rings is 1. The van der Waals surface area contributed by atoms with Gasteiger partial charge in [-0.3, -0.25) is 9.59 Å². The minimum atomic E-state index is -1.09. The van der Waals surface area contributed by atoms with Crippen LogP contribution in [0.2, 0.25) is 5.02 Å². The molecule has 0 spiro atoms. The molecular weight excluding hydrogens is 364 g/mol. The van der Waals surface area contributed by atoms with Crippen LogP contribution in [0.3, 0.4) is 0 Å². The molecule has 7 nitrogen and oxygen atoms in total. The van der Waals surface area contributed by atoms with E-state index in [1.807, 2.05) is 5.40 Å². The fourth-order valence-electron chi connectivity index (χ4n) is 1.92. The summed E-state index contributed by atoms with van der Waals surface area (Å²) in [6, 6.07) is 2.92. The first-order valence-electron chi connectivity index (χ1n) is 7.31. The van der Waals surface area contributed by atoms with E-state index in [1.54, 1.807) is 13.8 Å². The van der Waals surface area contributed by atoms with Crippen LogP contribution in [0.5, 0.6) is 0 Å². The Kier molecular flexibility index (Phi) is 7.74. The van der Waals surface area contributed by atoms with Crippen molar-refractivity contribution in [3.8, 4) is 5.40 Å². The SMILES string of the molecule is CCC(C)(NC(=O)c1cc(Cl)c(N)c(C=NOC)c1)C(=O)CSC#N. The molecule has 0 heterocycles. The lowest BCUT2D eigenvalue weighted by Crippen LogP contribution is -2.52. The number of Topliss-reactive ketones (excluding diaryl/α,β-unsaturated/α-hetero) is 1. The van der Waals surface area contributed by atoms with Gasteiger partial charge in [0, 0.05) is 11.1 Å². The van der Waals surface area contributed by atoms with Gasteiger partial charge < -0.3 is 15.9 Å². The van der Waals surface area contributed by atoms with Crippen LogP contribution >= 0.6 is 23.4 Å². The van der Waals surface area contributed by atoms with Gasteiger partial charge in [-0.15, -0.1) is 0 Å². The number of ketones is 1. The van der Waals surface area contributed by atoms with Crippen molar-refractivity contribution in [2.75, 3.05) is 18.6 Å². The number of anilines is 1. The molecular formula is C16H19ClN4O3S. The third-order valence-electron chi connectivity index (χ3n) is 3.70. The van der Waals surface area contributed by atoms with Crippen LogP contribution < -0.4 is 11.1 Å². The van der Waals surface area contributed by atoms with E-state index in [1.165, 1.54) is 25.5 Å². The topological polar surface area (TPSA) is 118 Å². The Morgan fingerprint density at radius 1 is 1.56 bits per heavy atom. The van der Waals surface area contributed by atoms with Gasteiger partial charge in [0.05, 0.1) is 28.2 Å². The Labute approximate surface area is 155 Å². The van der Waals surface area contributed by atoms with E-state index in [0.717, 1.165) is 11.8 Å². The third-order valence-corrected chi connectivity index (χ3v) is 4.55. The van der Waals surface area contributed by atoms with Crippen molar-refractivity contribution in [3.63, 3.8) is 0 Å². The summed E-state index contributed by atoms with van der Waals surface area (Å²) in [5, 5.41) is 17.0. The van der Waals surface area contributed by atoms with Crippen LogP contribution in [0.1, 0.15) is 36.2 Å². The zero-order chi connectivity index (χ0) is 19.0. The molecule has 1 unspecified atom stereocenters. The van der Waals surface area contributed by atoms with Gasteiger partial charge in [0.1, 0.15) is 12.5 Å². The summed E-state index contributed by atoms with van der Waals surface area (Å²) >= 11 is 6.90. The number of thiocyanates is 1. The Bertz CT molecular complexity index is 733. The maximum atomic E-state index is 12.6. The third kappa shape index (κ3) is 5.37. The monoisotopic (exact) mass is 382 g/mol. The Morgan fingerprint density at radius 2 is 2.24 bits per heavy atom. The molecule has 0 radical (unpaired) electrons. The van der Waals surface area contributed by atoms with E-state index in [2.05, 4.69) is 15.3 Å². The number of halogens is 1. The second kappa shape index (κ2) is 9.30. The average molecular weight is 383 g/mol. The summed E-state index contributed by atoms with van der Waals surface area (Å²) in [7, 11) is 1.38. The molecule has 0 aromatic heterocycles. The van der Waals surface area contributed by atoms with E-state index in [-0.39, 0.29) is 27.8 Å². The molecule has 1 aromatic carbocycles. The molecule has 1 amide bonds. The molecule has 0 aliphatic rings. The highest BCUT2D eigenvalue weighted by Crippen LogP contribution is 2.25. The Hall–Kier alpha value is -2.24. The van der Waals surface area contributed by atoms with E-state index < -0.39 is 11.4 Å². The first-order chi connectivity index (χ1) is 11.8. The van der Waals surface area contributed by atoms with Crippen LogP contribution in [0.15, 0.2) is 17.3 Å². The fraction of sp³-hybridized carbons (Fsp3) is 0.375. The number of hydrogen-bond acceptors (Lipinski definition) is 7. The number of hydrogen-bond donors (Lipinski definition) is 2. The molecule has 0 aliphatic carbocycles. The van der Waals surface area contributed by atoms with E-state index >= 15 is 0 Å². The summed E-state index contributed by atoms with van der Waals surface area (Å²) in [6.07, 6.45) is 1.72. The molecule has 1 atom stereocenters. The number of nitriles is 1. The van der Waals surface area contributed by atoms with Crippen molar-refractivity contribution in [3.05, 3.63) is 28.3 Å². The maximum absolute atomic E-state index is 12.6. The summed E-state index contributed by atoms with van der Waals surface area (Å²) in [5.74, 6) is -0.721. The van der Waals surface area contributed by atoms with Crippen molar-refractivity contribution in [1.82, 2.24) is 5.32 Å². The van der Waals surface area contributed by atoms with Crippen molar-refractivity contribution in [2.24, 2.45) is 5.16 Å². The van der Waals surface area contributed by atoms with Crippen molar-refractivity contribution < 1.29 is 14.4 Å². The van der Waals surface area contributed by atoms with Gasteiger partial charge in [-0.05, 0) is 37.2 Å². The van der Waals surface area contributed by atoms with E-state index in [4.69, 9.17) is 22.6 Å². The van der Waals surface area contributed by atoms with Gasteiger partial charge in [-0.25, -0.2) is 0 Å². The van der Waals surface area contributed by atoms with Crippen LogP contribution in [0.25, 0.3) is 0 Å². The van der Waals surface area contributed by atoms with Gasteiger partial charge in [0.15, 0.2) is 5.78 Å². The standard InChI is InChI=1S/C16H19ClN4O3S/c1-4-16(2,13(22)8-25-9-18)21-15(23)10-5-11(7-20-24-3)14(19)12(17)6-10/h5-7H,4,8,19H2,1-3H3,(H,21,23). The second-order valence-electron chi connectivity index (χ2n) is 5.32. The van der Waals surface area contributed by atoms with Gasteiger partial charge >= 0.3 is 0 Å². The van der Waals surface area contributed by atoms with Gasteiger partial charge in [-0.2, -0.15) is 5.26 Å². The molecule has 1 rings (SSSR count). The normalized spacial score (nSPS) is 13.1. The zero-order valence-electron chi connectivity index (χ0n) is 14.1. The number of nitrogens with one attached hydrogen (secondary N) is 1. The molecule has 0 aliphatic heterocycles. The lowest BCUT2D eigenvalue weighted by atomic mass is 9.93. The molecule has 1 aromatic rings. The predicted molar refractivity (Wildman–Crippen MR) is 99.7 cm³/mol. The average Bonchev–Trinajstić information content (AvgIpc) is 2.60. The highest BCUT2D eigenvalue weighted by atomic mass is 35.5. The Morgan fingerprint density at radius 3 is 2.80 bits per heavy atom. The molecule has 3 N–H and O–H groups in total. The first kappa shape index (κ1) is 20.8. The number of carbonyl (C=O) groups excluding carboxylic acids is 2. The molecule has 9 heteroatoms. The summed E-state index contributed by atoms with van der Waals surface area (Å²) in [6.45, 7) is 3.40. The zero-order valence-corrected chi connectivity index (χ0v) is 15.7. The minimum Gasteiger partial charge on any atom is -0.399 e. The highest BCUT2D eigenvalue weighted by molar-refractivity contribution is 8.04. The quantitative estimate of drug-likeness (QED) is 0.309. The number of nitrogen functional groups attached to an aromatic ring is 1. The largest absolute Gasteiger partial charge is 0.399 e. The number of oxime groups is 1. The molecule has 0 saturated carbocycles. The van der Waals surface area contributed by atoms with E-state index in [0.29, 0.717) is 12.0 Å². The number of thioether (sulfide) groups is 1. The number of rotatable bonds is 8. The van der Waals surface area contributed by atoms with Gasteiger partial charge in [0.25, 0.3) is 5.91 Å². The van der Waals surface area contributed by atoms with Crippen LogP contribution in [-0.4, -0.2) is 36.3 Å². The molecule has 25 heavy (non-hydrogen) atoms. The first-order valence-corrected chi connectivity index (χ1v) is 8.67.